The number of ketones is 1. The van der Waals surface area contributed by atoms with E-state index in [1.807, 2.05) is 0 Å². The van der Waals surface area contributed by atoms with E-state index >= 15 is 0 Å². The zero-order valence-corrected chi connectivity index (χ0v) is 22.7. The van der Waals surface area contributed by atoms with Crippen molar-refractivity contribution in [2.45, 2.75) is 113 Å². The van der Waals surface area contributed by atoms with Gasteiger partial charge in [-0.25, -0.2) is 0 Å². The van der Waals surface area contributed by atoms with Gasteiger partial charge in [0.2, 0.25) is 0 Å². The number of aromatic hydroxyl groups is 1. The van der Waals surface area contributed by atoms with Gasteiger partial charge in [0.25, 0.3) is 0 Å². The lowest BCUT2D eigenvalue weighted by Crippen LogP contribution is -2.05. The molecule has 0 amide bonds. The highest BCUT2D eigenvalue weighted by Gasteiger charge is 2.14. The van der Waals surface area contributed by atoms with Gasteiger partial charge in [-0.2, -0.15) is 0 Å². The van der Waals surface area contributed by atoms with Gasteiger partial charge in [0.15, 0.2) is 5.78 Å². The molecular weight excluding hydrogens is 424 g/mol. The van der Waals surface area contributed by atoms with E-state index in [-0.39, 0.29) is 17.1 Å². The first-order chi connectivity index (χ1) is 16.0. The SMILES string of the molecule is CC(=O)Oc1cc(O)c(C(C)=O)cc1C/C=C(\C)CCCC(C)CCCC(C)CCCC(C)C. The molecule has 0 spiro atoms. The highest BCUT2D eigenvalue weighted by molar-refractivity contribution is 5.97. The van der Waals surface area contributed by atoms with E-state index in [0.29, 0.717) is 12.2 Å². The van der Waals surface area contributed by atoms with Gasteiger partial charge in [-0.3, -0.25) is 9.59 Å². The number of Topliss-reactive ketones (excluding diaryl/α,β-unsaturated/α-hetero) is 1. The molecule has 1 N–H and O–H groups in total. The average molecular weight is 473 g/mol. The van der Waals surface area contributed by atoms with Crippen molar-refractivity contribution < 1.29 is 19.4 Å². The molecule has 1 aromatic carbocycles. The van der Waals surface area contributed by atoms with Crippen LogP contribution in [0.5, 0.6) is 11.5 Å². The number of esters is 1. The van der Waals surface area contributed by atoms with E-state index in [1.165, 1.54) is 76.9 Å². The minimum absolute atomic E-state index is 0.160. The number of allylic oxidation sites excluding steroid dienone is 2. The number of hydrogen-bond acceptors (Lipinski definition) is 4. The van der Waals surface area contributed by atoms with Gasteiger partial charge in [0.05, 0.1) is 5.56 Å². The highest BCUT2D eigenvalue weighted by Crippen LogP contribution is 2.30. The minimum Gasteiger partial charge on any atom is -0.507 e. The number of phenolic OH excluding ortho intramolecular Hbond substituents is 1. The molecule has 2 unspecified atom stereocenters. The second kappa shape index (κ2) is 15.7. The van der Waals surface area contributed by atoms with Crippen molar-refractivity contribution in [3.63, 3.8) is 0 Å². The molecule has 0 saturated heterocycles. The maximum absolute atomic E-state index is 11.8. The van der Waals surface area contributed by atoms with Crippen LogP contribution in [0.15, 0.2) is 23.8 Å². The monoisotopic (exact) mass is 472 g/mol. The Balaban J connectivity index is 2.47. The van der Waals surface area contributed by atoms with Crippen molar-refractivity contribution in [3.8, 4) is 11.5 Å². The van der Waals surface area contributed by atoms with Crippen molar-refractivity contribution in [1.29, 1.82) is 0 Å². The maximum Gasteiger partial charge on any atom is 0.308 e. The van der Waals surface area contributed by atoms with Gasteiger partial charge in [-0.1, -0.05) is 84.3 Å². The van der Waals surface area contributed by atoms with Crippen LogP contribution in [0.2, 0.25) is 0 Å². The van der Waals surface area contributed by atoms with E-state index in [1.54, 1.807) is 6.07 Å². The first-order valence-electron chi connectivity index (χ1n) is 13.2. The smallest absolute Gasteiger partial charge is 0.308 e. The molecule has 0 aliphatic heterocycles. The van der Waals surface area contributed by atoms with E-state index in [2.05, 4.69) is 40.7 Å². The lowest BCUT2D eigenvalue weighted by Gasteiger charge is -2.15. The van der Waals surface area contributed by atoms with Gasteiger partial charge >= 0.3 is 5.97 Å². The molecule has 0 heterocycles. The van der Waals surface area contributed by atoms with Gasteiger partial charge < -0.3 is 9.84 Å². The summed E-state index contributed by atoms with van der Waals surface area (Å²) in [4.78, 5) is 23.2. The second-order valence-electron chi connectivity index (χ2n) is 10.7. The fourth-order valence-corrected chi connectivity index (χ4v) is 4.40. The normalized spacial score (nSPS) is 13.7. The molecule has 0 aliphatic carbocycles. The number of carbonyl (C=O) groups is 2. The predicted octanol–water partition coefficient (Wildman–Crippen LogP) is 8.45. The standard InChI is InChI=1S/C30H48O4/c1-21(2)11-8-12-22(3)13-9-14-23(4)15-10-16-24(5)17-18-27-19-28(25(6)31)29(33)20-30(27)34-26(7)32/h17,19-23,33H,8-16,18H2,1-7H3/b24-17+. The van der Waals surface area contributed by atoms with Crippen molar-refractivity contribution in [3.05, 3.63) is 34.9 Å². The topological polar surface area (TPSA) is 63.6 Å². The van der Waals surface area contributed by atoms with E-state index in [9.17, 15) is 14.7 Å². The molecule has 0 saturated carbocycles. The minimum atomic E-state index is -0.448. The average Bonchev–Trinajstić information content (AvgIpc) is 2.72. The molecule has 0 bridgehead atoms. The summed E-state index contributed by atoms with van der Waals surface area (Å²) >= 11 is 0. The fraction of sp³-hybridized carbons (Fsp3) is 0.667. The fourth-order valence-electron chi connectivity index (χ4n) is 4.40. The van der Waals surface area contributed by atoms with Gasteiger partial charge in [0, 0.05) is 13.0 Å². The zero-order valence-electron chi connectivity index (χ0n) is 22.7. The second-order valence-corrected chi connectivity index (χ2v) is 10.7. The lowest BCUT2D eigenvalue weighted by molar-refractivity contribution is -0.131. The molecule has 0 aromatic heterocycles. The van der Waals surface area contributed by atoms with E-state index in [0.717, 1.165) is 29.7 Å². The molecule has 4 heteroatoms. The molecule has 1 aromatic rings. The largest absolute Gasteiger partial charge is 0.507 e. The first kappa shape index (κ1) is 29.9. The van der Waals surface area contributed by atoms with Gasteiger partial charge in [-0.15, -0.1) is 0 Å². The summed E-state index contributed by atoms with van der Waals surface area (Å²) in [6.07, 6.45) is 14.2. The van der Waals surface area contributed by atoms with Crippen molar-refractivity contribution in [1.82, 2.24) is 0 Å². The number of benzene rings is 1. The third-order valence-electron chi connectivity index (χ3n) is 6.62. The van der Waals surface area contributed by atoms with Crippen LogP contribution in [0.25, 0.3) is 0 Å². The van der Waals surface area contributed by atoms with Crippen LogP contribution in [0.4, 0.5) is 0 Å². The van der Waals surface area contributed by atoms with Crippen LogP contribution in [0, 0.1) is 17.8 Å². The Morgan fingerprint density at radius 2 is 1.44 bits per heavy atom. The molecule has 4 nitrogen and oxygen atoms in total. The Morgan fingerprint density at radius 1 is 0.882 bits per heavy atom. The molecule has 0 radical (unpaired) electrons. The van der Waals surface area contributed by atoms with E-state index in [4.69, 9.17) is 4.74 Å². The van der Waals surface area contributed by atoms with Crippen LogP contribution in [-0.4, -0.2) is 16.9 Å². The lowest BCUT2D eigenvalue weighted by atomic mass is 9.91. The van der Waals surface area contributed by atoms with Crippen LogP contribution < -0.4 is 4.74 Å². The summed E-state index contributed by atoms with van der Waals surface area (Å²) in [7, 11) is 0. The quantitative estimate of drug-likeness (QED) is 0.113. The summed E-state index contributed by atoms with van der Waals surface area (Å²) in [5.41, 5.74) is 2.27. The van der Waals surface area contributed by atoms with Crippen LogP contribution in [0.1, 0.15) is 122 Å². The molecule has 2 atom stereocenters. The number of phenols is 1. The van der Waals surface area contributed by atoms with Gasteiger partial charge in [-0.05, 0) is 62.5 Å². The number of carbonyl (C=O) groups excluding carboxylic acids is 2. The number of hydrogen-bond donors (Lipinski definition) is 1. The molecular formula is C30H48O4. The molecule has 34 heavy (non-hydrogen) atoms. The van der Waals surface area contributed by atoms with Crippen molar-refractivity contribution in [2.75, 3.05) is 0 Å². The third-order valence-corrected chi connectivity index (χ3v) is 6.62. The predicted molar refractivity (Wildman–Crippen MR) is 142 cm³/mol. The molecule has 0 aliphatic rings. The van der Waals surface area contributed by atoms with Gasteiger partial charge in [0.1, 0.15) is 11.5 Å². The zero-order chi connectivity index (χ0) is 25.7. The Hall–Kier alpha value is -2.10. The molecule has 1 rings (SSSR count). The molecule has 0 fully saturated rings. The highest BCUT2D eigenvalue weighted by atomic mass is 16.5. The van der Waals surface area contributed by atoms with Crippen LogP contribution in [0.3, 0.4) is 0 Å². The number of rotatable bonds is 16. The summed E-state index contributed by atoms with van der Waals surface area (Å²) < 4.78 is 5.25. The first-order valence-corrected chi connectivity index (χ1v) is 13.2. The summed E-state index contributed by atoms with van der Waals surface area (Å²) in [6, 6.07) is 3.00. The Morgan fingerprint density at radius 3 is 1.97 bits per heavy atom. The Kier molecular flexibility index (Phi) is 13.9. The van der Waals surface area contributed by atoms with Crippen LogP contribution >= 0.6 is 0 Å². The summed E-state index contributed by atoms with van der Waals surface area (Å²) in [5, 5.41) is 10.1. The summed E-state index contributed by atoms with van der Waals surface area (Å²) in [5.74, 6) is 1.90. The van der Waals surface area contributed by atoms with Crippen molar-refractivity contribution >= 4 is 11.8 Å². The third kappa shape index (κ3) is 12.4. The number of ether oxygens (including phenoxy) is 1. The van der Waals surface area contributed by atoms with E-state index < -0.39 is 5.97 Å². The van der Waals surface area contributed by atoms with Crippen LogP contribution in [-0.2, 0) is 11.2 Å². The maximum atomic E-state index is 11.8. The van der Waals surface area contributed by atoms with Crippen molar-refractivity contribution in [2.24, 2.45) is 17.8 Å². The summed E-state index contributed by atoms with van der Waals surface area (Å²) in [6.45, 7) is 14.3. The Bertz CT molecular complexity index is 806. The Labute approximate surface area is 208 Å². The molecule has 192 valence electrons.